The summed E-state index contributed by atoms with van der Waals surface area (Å²) in [6.07, 6.45) is 3.10. The number of hydrogen-bond donors (Lipinski definition) is 1. The number of thiazole rings is 1. The lowest BCUT2D eigenvalue weighted by atomic mass is 9.98. The highest BCUT2D eigenvalue weighted by molar-refractivity contribution is 7.10. The Kier molecular flexibility index (Phi) is 4.17. The van der Waals surface area contributed by atoms with Crippen LogP contribution in [0, 0.1) is 0 Å². The van der Waals surface area contributed by atoms with E-state index in [1.807, 2.05) is 6.92 Å². The minimum atomic E-state index is -0.149. The van der Waals surface area contributed by atoms with Crippen LogP contribution in [0.25, 0.3) is 0 Å². The van der Waals surface area contributed by atoms with E-state index < -0.39 is 0 Å². The van der Waals surface area contributed by atoms with Gasteiger partial charge in [-0.3, -0.25) is 9.48 Å². The highest BCUT2D eigenvalue weighted by Crippen LogP contribution is 2.25. The molecule has 2 rings (SSSR count). The highest BCUT2D eigenvalue weighted by atomic mass is 32.1. The third-order valence-electron chi connectivity index (χ3n) is 2.68. The summed E-state index contributed by atoms with van der Waals surface area (Å²) in [5.41, 5.74) is 0.445. The summed E-state index contributed by atoms with van der Waals surface area (Å²) in [7, 11) is 0. The third-order valence-corrected chi connectivity index (χ3v) is 3.95. The van der Waals surface area contributed by atoms with Gasteiger partial charge < -0.3 is 5.32 Å². The van der Waals surface area contributed by atoms with Gasteiger partial charge in [-0.2, -0.15) is 5.10 Å². The Labute approximate surface area is 122 Å². The topological polar surface area (TPSA) is 72.7 Å². The van der Waals surface area contributed by atoms with Crippen LogP contribution in [0.5, 0.6) is 0 Å². The number of nitrogens with zero attached hydrogens (tertiary/aromatic N) is 4. The smallest absolute Gasteiger partial charge is 0.271 e. The number of hydrogen-bond acceptors (Lipinski definition) is 5. The Morgan fingerprint density at radius 2 is 2.25 bits per heavy atom. The van der Waals surface area contributed by atoms with Gasteiger partial charge in [0.05, 0.1) is 11.6 Å². The molecule has 0 aliphatic heterocycles. The molecule has 20 heavy (non-hydrogen) atoms. The molecule has 0 aliphatic carbocycles. The summed E-state index contributed by atoms with van der Waals surface area (Å²) in [4.78, 5) is 20.4. The standard InChI is InChI=1S/C13H19N5OS/c1-9(5-18-8-14-7-15-18)16-11(19)10-6-20-12(17-10)13(2,3)4/h6-9H,5H2,1-4H3,(H,16,19). The molecule has 1 amide bonds. The Bertz CT molecular complexity index is 570. The first kappa shape index (κ1) is 14.6. The molecule has 0 saturated heterocycles. The minimum absolute atomic E-state index is 0.0322. The third kappa shape index (κ3) is 3.63. The molecule has 0 saturated carbocycles. The van der Waals surface area contributed by atoms with E-state index in [1.165, 1.54) is 17.7 Å². The van der Waals surface area contributed by atoms with Crippen LogP contribution in [-0.2, 0) is 12.0 Å². The number of rotatable bonds is 4. The fraction of sp³-hybridized carbons (Fsp3) is 0.538. The van der Waals surface area contributed by atoms with Crippen LogP contribution in [0.4, 0.5) is 0 Å². The molecule has 0 spiro atoms. The molecule has 0 bridgehead atoms. The maximum atomic E-state index is 12.1. The Hall–Kier alpha value is -1.76. The zero-order valence-corrected chi connectivity index (χ0v) is 12.9. The van der Waals surface area contributed by atoms with E-state index in [9.17, 15) is 4.79 Å². The zero-order valence-electron chi connectivity index (χ0n) is 12.1. The molecule has 0 fully saturated rings. The van der Waals surface area contributed by atoms with Crippen LogP contribution in [0.2, 0.25) is 0 Å². The molecule has 1 atom stereocenters. The Morgan fingerprint density at radius 3 is 2.80 bits per heavy atom. The van der Waals surface area contributed by atoms with E-state index in [1.54, 1.807) is 16.4 Å². The largest absolute Gasteiger partial charge is 0.346 e. The van der Waals surface area contributed by atoms with Gasteiger partial charge in [-0.1, -0.05) is 20.8 Å². The number of nitrogens with one attached hydrogen (secondary N) is 1. The molecule has 0 aliphatic rings. The molecular weight excluding hydrogens is 274 g/mol. The van der Waals surface area contributed by atoms with Crippen molar-refractivity contribution in [3.63, 3.8) is 0 Å². The minimum Gasteiger partial charge on any atom is -0.346 e. The van der Waals surface area contributed by atoms with Gasteiger partial charge in [0, 0.05) is 16.8 Å². The average molecular weight is 293 g/mol. The average Bonchev–Trinajstić information content (AvgIpc) is 2.97. The number of amides is 1. The normalized spacial score (nSPS) is 13.2. The van der Waals surface area contributed by atoms with E-state index in [4.69, 9.17) is 0 Å². The first-order valence-corrected chi connectivity index (χ1v) is 7.33. The van der Waals surface area contributed by atoms with E-state index >= 15 is 0 Å². The maximum Gasteiger partial charge on any atom is 0.271 e. The van der Waals surface area contributed by atoms with Crippen molar-refractivity contribution in [2.75, 3.05) is 0 Å². The van der Waals surface area contributed by atoms with Gasteiger partial charge in [0.1, 0.15) is 18.3 Å². The van der Waals surface area contributed by atoms with Crippen LogP contribution >= 0.6 is 11.3 Å². The second-order valence-corrected chi connectivity index (χ2v) is 6.64. The van der Waals surface area contributed by atoms with Gasteiger partial charge in [-0.15, -0.1) is 11.3 Å². The van der Waals surface area contributed by atoms with Gasteiger partial charge in [0.2, 0.25) is 0 Å². The Morgan fingerprint density at radius 1 is 1.50 bits per heavy atom. The van der Waals surface area contributed by atoms with Crippen LogP contribution in [0.3, 0.4) is 0 Å². The Balaban J connectivity index is 1.96. The van der Waals surface area contributed by atoms with Crippen molar-refractivity contribution in [2.45, 2.75) is 45.7 Å². The molecule has 7 heteroatoms. The molecule has 0 radical (unpaired) electrons. The summed E-state index contributed by atoms with van der Waals surface area (Å²) in [6, 6.07) is -0.0380. The predicted molar refractivity (Wildman–Crippen MR) is 77.8 cm³/mol. The molecular formula is C13H19N5OS. The van der Waals surface area contributed by atoms with Crippen molar-refractivity contribution >= 4 is 17.2 Å². The van der Waals surface area contributed by atoms with Gasteiger partial charge in [0.15, 0.2) is 0 Å². The SMILES string of the molecule is CC(Cn1cncn1)NC(=O)c1csc(C(C)(C)C)n1. The summed E-state index contributed by atoms with van der Waals surface area (Å²) in [6.45, 7) is 8.77. The molecule has 2 aromatic heterocycles. The highest BCUT2D eigenvalue weighted by Gasteiger charge is 2.21. The van der Waals surface area contributed by atoms with E-state index in [0.717, 1.165) is 5.01 Å². The molecule has 1 N–H and O–H groups in total. The van der Waals surface area contributed by atoms with Crippen molar-refractivity contribution < 1.29 is 4.79 Å². The van der Waals surface area contributed by atoms with Gasteiger partial charge in [0.25, 0.3) is 5.91 Å². The predicted octanol–water partition coefficient (Wildman–Crippen LogP) is 1.85. The molecule has 2 heterocycles. The molecule has 1 unspecified atom stereocenters. The summed E-state index contributed by atoms with van der Waals surface area (Å²) < 4.78 is 1.69. The fourth-order valence-corrected chi connectivity index (χ4v) is 2.56. The lowest BCUT2D eigenvalue weighted by Crippen LogP contribution is -2.36. The molecule has 6 nitrogen and oxygen atoms in total. The fourth-order valence-electron chi connectivity index (χ4n) is 1.67. The lowest BCUT2D eigenvalue weighted by molar-refractivity contribution is 0.0931. The molecule has 108 valence electrons. The van der Waals surface area contributed by atoms with Crippen LogP contribution in [0.15, 0.2) is 18.0 Å². The monoisotopic (exact) mass is 293 g/mol. The van der Waals surface area contributed by atoms with Crippen LogP contribution in [0.1, 0.15) is 43.2 Å². The van der Waals surface area contributed by atoms with Crippen molar-refractivity contribution in [3.05, 3.63) is 28.7 Å². The van der Waals surface area contributed by atoms with Crippen molar-refractivity contribution in [1.82, 2.24) is 25.1 Å². The molecule has 2 aromatic rings. The van der Waals surface area contributed by atoms with Gasteiger partial charge in [-0.25, -0.2) is 9.97 Å². The van der Waals surface area contributed by atoms with Crippen molar-refractivity contribution in [3.8, 4) is 0 Å². The zero-order chi connectivity index (χ0) is 14.8. The molecule has 0 aromatic carbocycles. The lowest BCUT2D eigenvalue weighted by Gasteiger charge is -2.14. The summed E-state index contributed by atoms with van der Waals surface area (Å²) in [5.74, 6) is -0.149. The second kappa shape index (κ2) is 5.70. The van der Waals surface area contributed by atoms with Gasteiger partial charge in [-0.05, 0) is 6.92 Å². The van der Waals surface area contributed by atoms with Crippen molar-refractivity contribution in [2.24, 2.45) is 0 Å². The number of carbonyl (C=O) groups is 1. The van der Waals surface area contributed by atoms with E-state index in [-0.39, 0.29) is 17.4 Å². The summed E-state index contributed by atoms with van der Waals surface area (Å²) >= 11 is 1.52. The van der Waals surface area contributed by atoms with Crippen LogP contribution < -0.4 is 5.32 Å². The van der Waals surface area contributed by atoms with Crippen LogP contribution in [-0.4, -0.2) is 31.7 Å². The first-order chi connectivity index (χ1) is 9.36. The summed E-state index contributed by atoms with van der Waals surface area (Å²) in [5, 5.41) is 9.70. The number of aromatic nitrogens is 4. The second-order valence-electron chi connectivity index (χ2n) is 5.78. The van der Waals surface area contributed by atoms with E-state index in [0.29, 0.717) is 12.2 Å². The first-order valence-electron chi connectivity index (χ1n) is 6.45. The maximum absolute atomic E-state index is 12.1. The van der Waals surface area contributed by atoms with Crippen molar-refractivity contribution in [1.29, 1.82) is 0 Å². The number of carbonyl (C=O) groups excluding carboxylic acids is 1. The van der Waals surface area contributed by atoms with E-state index in [2.05, 4.69) is 41.2 Å². The van der Waals surface area contributed by atoms with Gasteiger partial charge >= 0.3 is 0 Å². The quantitative estimate of drug-likeness (QED) is 0.933.